The number of esters is 1. The number of amides is 1. The average Bonchev–Trinajstić information content (AvgIpc) is 3.22. The lowest BCUT2D eigenvalue weighted by molar-refractivity contribution is -0.117. The number of para-hydroxylation sites is 3. The summed E-state index contributed by atoms with van der Waals surface area (Å²) in [6, 6.07) is 20.9. The van der Waals surface area contributed by atoms with E-state index in [9.17, 15) is 14.4 Å². The highest BCUT2D eigenvalue weighted by Crippen LogP contribution is 2.28. The van der Waals surface area contributed by atoms with Gasteiger partial charge >= 0.3 is 11.7 Å². The average molecular weight is 498 g/mol. The van der Waals surface area contributed by atoms with Gasteiger partial charge in [-0.2, -0.15) is 0 Å². The van der Waals surface area contributed by atoms with Crippen LogP contribution in [0.2, 0.25) is 0 Å². The van der Waals surface area contributed by atoms with E-state index in [0.29, 0.717) is 28.0 Å². The van der Waals surface area contributed by atoms with Crippen LogP contribution in [0.1, 0.15) is 22.8 Å². The molecule has 5 rings (SSSR count). The first kappa shape index (κ1) is 23.7. The molecule has 186 valence electrons. The molecule has 0 unspecified atom stereocenters. The van der Waals surface area contributed by atoms with Crippen LogP contribution in [0.25, 0.3) is 16.7 Å². The summed E-state index contributed by atoms with van der Waals surface area (Å²) < 4.78 is 13.5. The zero-order chi connectivity index (χ0) is 25.9. The highest BCUT2D eigenvalue weighted by molar-refractivity contribution is 5.94. The number of rotatable bonds is 7. The third-order valence-electron chi connectivity index (χ3n) is 5.63. The fourth-order valence-electron chi connectivity index (χ4n) is 3.89. The summed E-state index contributed by atoms with van der Waals surface area (Å²) in [4.78, 5) is 42.8. The third-order valence-corrected chi connectivity index (χ3v) is 5.63. The number of hydrogen-bond donors (Lipinski definition) is 1. The Morgan fingerprint density at radius 2 is 1.78 bits per heavy atom. The molecule has 10 heteroatoms. The van der Waals surface area contributed by atoms with E-state index in [1.165, 1.54) is 10.5 Å². The van der Waals surface area contributed by atoms with E-state index in [0.717, 1.165) is 10.2 Å². The predicted molar refractivity (Wildman–Crippen MR) is 137 cm³/mol. The molecule has 0 atom stereocenters. The van der Waals surface area contributed by atoms with E-state index in [-0.39, 0.29) is 24.7 Å². The van der Waals surface area contributed by atoms with Gasteiger partial charge in [0.2, 0.25) is 11.6 Å². The lowest BCUT2D eigenvalue weighted by atomic mass is 10.2. The first-order valence-electron chi connectivity index (χ1n) is 11.6. The summed E-state index contributed by atoms with van der Waals surface area (Å²) in [5.74, 6) is -0.263. The molecule has 0 saturated carbocycles. The summed E-state index contributed by atoms with van der Waals surface area (Å²) in [6.45, 7) is 3.50. The maximum Gasteiger partial charge on any atom is 0.351 e. The minimum absolute atomic E-state index is 0.145. The highest BCUT2D eigenvalue weighted by atomic mass is 16.5. The van der Waals surface area contributed by atoms with Crippen molar-refractivity contribution < 1.29 is 19.1 Å². The van der Waals surface area contributed by atoms with Crippen molar-refractivity contribution in [3.63, 3.8) is 0 Å². The number of nitrogens with one attached hydrogen (secondary N) is 1. The number of carbonyl (C=O) groups excluding carboxylic acids is 2. The summed E-state index contributed by atoms with van der Waals surface area (Å²) in [6.07, 6.45) is 0. The molecular formula is C27H23N5O5. The Morgan fingerprint density at radius 3 is 2.59 bits per heavy atom. The molecule has 10 nitrogen and oxygen atoms in total. The molecule has 1 N–H and O–H groups in total. The standard InChI is InChI=1S/C27H23N5O5/c1-3-36-26(34)18-10-8-11-19(15-18)28-23(33)16-31-27(35)32-21-13-6-5-12-20(21)29-25(24(32)30-31)37-22-14-7-4-9-17(22)2/h4-15H,3,16H2,1-2H3,(H,28,33). The van der Waals surface area contributed by atoms with Crippen molar-refractivity contribution >= 4 is 34.2 Å². The molecule has 3 aromatic carbocycles. The number of aryl methyl sites for hydroxylation is 1. The highest BCUT2D eigenvalue weighted by Gasteiger charge is 2.19. The fourth-order valence-corrected chi connectivity index (χ4v) is 3.89. The van der Waals surface area contributed by atoms with Crippen molar-refractivity contribution in [1.82, 2.24) is 19.2 Å². The molecule has 1 amide bonds. The van der Waals surface area contributed by atoms with Gasteiger partial charge in [-0.05, 0) is 55.8 Å². The summed E-state index contributed by atoms with van der Waals surface area (Å²) in [5.41, 5.74) is 2.33. The largest absolute Gasteiger partial charge is 0.462 e. The minimum Gasteiger partial charge on any atom is -0.462 e. The summed E-state index contributed by atoms with van der Waals surface area (Å²) in [5, 5.41) is 7.08. The molecule has 0 radical (unpaired) electrons. The zero-order valence-corrected chi connectivity index (χ0v) is 20.2. The van der Waals surface area contributed by atoms with Crippen LogP contribution in [0.5, 0.6) is 11.6 Å². The topological polar surface area (TPSA) is 117 Å². The quantitative estimate of drug-likeness (QED) is 0.338. The third kappa shape index (κ3) is 4.76. The van der Waals surface area contributed by atoms with Gasteiger partial charge in [-0.3, -0.25) is 4.79 Å². The maximum absolute atomic E-state index is 13.4. The summed E-state index contributed by atoms with van der Waals surface area (Å²) in [7, 11) is 0. The minimum atomic E-state index is -0.515. The molecule has 0 aliphatic heterocycles. The number of hydrogen-bond acceptors (Lipinski definition) is 7. The lowest BCUT2D eigenvalue weighted by Gasteiger charge is -2.09. The second kappa shape index (κ2) is 9.94. The monoisotopic (exact) mass is 497 g/mol. The number of anilines is 1. The number of ether oxygens (including phenoxy) is 2. The SMILES string of the molecule is CCOC(=O)c1cccc(NC(=O)Cn2nc3c(Oc4ccccc4C)nc4ccccc4n3c2=O)c1. The lowest BCUT2D eigenvalue weighted by Crippen LogP contribution is -2.28. The molecule has 0 aliphatic carbocycles. The van der Waals surface area contributed by atoms with Gasteiger partial charge in [-0.1, -0.05) is 36.4 Å². The van der Waals surface area contributed by atoms with Crippen LogP contribution in [0.3, 0.4) is 0 Å². The molecule has 0 spiro atoms. The van der Waals surface area contributed by atoms with Gasteiger partial charge in [0.1, 0.15) is 12.3 Å². The van der Waals surface area contributed by atoms with Crippen molar-refractivity contribution in [3.05, 3.63) is 94.4 Å². The maximum atomic E-state index is 13.4. The molecule has 5 aromatic rings. The molecule has 37 heavy (non-hydrogen) atoms. The van der Waals surface area contributed by atoms with E-state index in [1.807, 2.05) is 31.2 Å². The van der Waals surface area contributed by atoms with Crippen LogP contribution in [0.4, 0.5) is 5.69 Å². The normalized spacial score (nSPS) is 11.0. The van der Waals surface area contributed by atoms with Crippen molar-refractivity contribution in [2.24, 2.45) is 0 Å². The molecule has 2 heterocycles. The van der Waals surface area contributed by atoms with Crippen LogP contribution in [0, 0.1) is 6.92 Å². The zero-order valence-electron chi connectivity index (χ0n) is 20.2. The number of fused-ring (bicyclic) bond motifs is 3. The number of carbonyl (C=O) groups is 2. The first-order valence-corrected chi connectivity index (χ1v) is 11.6. The Hall–Kier alpha value is -4.99. The van der Waals surface area contributed by atoms with Crippen molar-refractivity contribution in [3.8, 4) is 11.6 Å². The molecule has 0 fully saturated rings. The predicted octanol–water partition coefficient (Wildman–Crippen LogP) is 3.96. The Kier molecular flexibility index (Phi) is 6.38. The van der Waals surface area contributed by atoms with Crippen LogP contribution in [0.15, 0.2) is 77.6 Å². The van der Waals surface area contributed by atoms with E-state index in [1.54, 1.807) is 49.4 Å². The van der Waals surface area contributed by atoms with E-state index >= 15 is 0 Å². The Balaban J connectivity index is 1.49. The fraction of sp³-hybridized carbons (Fsp3) is 0.148. The van der Waals surface area contributed by atoms with Gasteiger partial charge in [0, 0.05) is 5.69 Å². The van der Waals surface area contributed by atoms with Crippen LogP contribution in [-0.4, -0.2) is 37.6 Å². The molecule has 2 aromatic heterocycles. The molecule has 0 aliphatic rings. The Morgan fingerprint density at radius 1 is 1.00 bits per heavy atom. The van der Waals surface area contributed by atoms with Crippen LogP contribution < -0.4 is 15.7 Å². The second-order valence-corrected chi connectivity index (χ2v) is 8.22. The van der Waals surface area contributed by atoms with Gasteiger partial charge in [0.05, 0.1) is 23.2 Å². The van der Waals surface area contributed by atoms with Gasteiger partial charge in [0.15, 0.2) is 0 Å². The van der Waals surface area contributed by atoms with Gasteiger partial charge in [-0.15, -0.1) is 5.10 Å². The Labute approximate surface area is 211 Å². The van der Waals surface area contributed by atoms with Crippen molar-refractivity contribution in [2.45, 2.75) is 20.4 Å². The van der Waals surface area contributed by atoms with Gasteiger partial charge in [-0.25, -0.2) is 23.7 Å². The molecule has 0 saturated heterocycles. The van der Waals surface area contributed by atoms with E-state index in [4.69, 9.17) is 9.47 Å². The van der Waals surface area contributed by atoms with Crippen molar-refractivity contribution in [2.75, 3.05) is 11.9 Å². The van der Waals surface area contributed by atoms with Crippen LogP contribution >= 0.6 is 0 Å². The van der Waals surface area contributed by atoms with Gasteiger partial charge in [0.25, 0.3) is 5.88 Å². The number of nitrogens with zero attached hydrogens (tertiary/aromatic N) is 4. The van der Waals surface area contributed by atoms with Crippen molar-refractivity contribution in [1.29, 1.82) is 0 Å². The first-order chi connectivity index (χ1) is 17.9. The van der Waals surface area contributed by atoms with Crippen LogP contribution in [-0.2, 0) is 16.1 Å². The van der Waals surface area contributed by atoms with E-state index in [2.05, 4.69) is 15.4 Å². The Bertz CT molecular complexity index is 1710. The van der Waals surface area contributed by atoms with Gasteiger partial charge < -0.3 is 14.8 Å². The second-order valence-electron chi connectivity index (χ2n) is 8.22. The summed E-state index contributed by atoms with van der Waals surface area (Å²) >= 11 is 0. The number of aromatic nitrogens is 4. The molecule has 0 bridgehead atoms. The molecular weight excluding hydrogens is 474 g/mol. The smallest absolute Gasteiger partial charge is 0.351 e. The van der Waals surface area contributed by atoms with E-state index < -0.39 is 17.6 Å². The number of benzene rings is 3.